The van der Waals surface area contributed by atoms with Gasteiger partial charge in [0, 0.05) is 6.07 Å². The Kier molecular flexibility index (Phi) is 5.92. The van der Waals surface area contributed by atoms with E-state index in [2.05, 4.69) is 4.74 Å². The van der Waals surface area contributed by atoms with Crippen LogP contribution in [0.25, 0.3) is 12.2 Å². The van der Waals surface area contributed by atoms with E-state index < -0.39 is 17.7 Å². The number of methoxy groups -OCH3 is 1. The number of carbonyl (C=O) groups is 1. The number of phenolic OH excluding ortho intramolecular Hbond substituents is 1. The monoisotopic (exact) mass is 366 g/mol. The van der Waals surface area contributed by atoms with E-state index in [1.54, 1.807) is 6.92 Å². The zero-order chi connectivity index (χ0) is 19.3. The van der Waals surface area contributed by atoms with E-state index in [4.69, 9.17) is 4.74 Å². The van der Waals surface area contributed by atoms with Gasteiger partial charge >= 0.3 is 12.1 Å². The predicted molar refractivity (Wildman–Crippen MR) is 91.0 cm³/mol. The molecule has 0 fully saturated rings. The number of alkyl halides is 3. The highest BCUT2D eigenvalue weighted by molar-refractivity contribution is 5.98. The zero-order valence-corrected chi connectivity index (χ0v) is 14.1. The summed E-state index contributed by atoms with van der Waals surface area (Å²) in [6.45, 7) is 2.13. The topological polar surface area (TPSA) is 55.8 Å². The molecule has 26 heavy (non-hydrogen) atoms. The molecule has 0 unspecified atom stereocenters. The number of benzene rings is 2. The van der Waals surface area contributed by atoms with Crippen molar-refractivity contribution in [3.63, 3.8) is 0 Å². The van der Waals surface area contributed by atoms with Crippen molar-refractivity contribution in [2.24, 2.45) is 0 Å². The highest BCUT2D eigenvalue weighted by Gasteiger charge is 2.29. The molecular formula is C19H17F3O4. The van der Waals surface area contributed by atoms with Crippen molar-refractivity contribution in [2.75, 3.05) is 13.7 Å². The van der Waals surface area contributed by atoms with Crippen LogP contribution in [0.3, 0.4) is 0 Å². The van der Waals surface area contributed by atoms with Crippen molar-refractivity contribution >= 4 is 18.1 Å². The fourth-order valence-electron chi connectivity index (χ4n) is 2.30. The molecule has 1 N–H and O–H groups in total. The number of esters is 1. The van der Waals surface area contributed by atoms with Gasteiger partial charge in [-0.3, -0.25) is 0 Å². The van der Waals surface area contributed by atoms with Gasteiger partial charge in [0.05, 0.1) is 19.3 Å². The maximum Gasteiger partial charge on any atom is 0.416 e. The van der Waals surface area contributed by atoms with Gasteiger partial charge in [0.15, 0.2) is 0 Å². The summed E-state index contributed by atoms with van der Waals surface area (Å²) in [6.07, 6.45) is -1.38. The zero-order valence-electron chi connectivity index (χ0n) is 14.1. The molecule has 138 valence electrons. The van der Waals surface area contributed by atoms with Crippen LogP contribution in [0.2, 0.25) is 0 Å². The summed E-state index contributed by atoms with van der Waals surface area (Å²) in [4.78, 5) is 11.9. The molecular weight excluding hydrogens is 349 g/mol. The number of rotatable bonds is 5. The summed E-state index contributed by atoms with van der Waals surface area (Å²) in [5.74, 6) is -0.697. The van der Waals surface area contributed by atoms with Gasteiger partial charge in [-0.25, -0.2) is 4.79 Å². The van der Waals surface area contributed by atoms with E-state index >= 15 is 0 Å². The molecule has 2 rings (SSSR count). The van der Waals surface area contributed by atoms with E-state index in [0.717, 1.165) is 12.1 Å². The van der Waals surface area contributed by atoms with Crippen LogP contribution in [-0.4, -0.2) is 24.8 Å². The van der Waals surface area contributed by atoms with E-state index in [-0.39, 0.29) is 11.3 Å². The SMILES string of the molecule is CCOc1cc(O)c(C(=O)OC)c(C=Cc2ccc(C(F)(F)F)cc2)c1. The maximum atomic E-state index is 12.6. The summed E-state index contributed by atoms with van der Waals surface area (Å²) in [7, 11) is 1.18. The molecule has 0 saturated heterocycles. The molecule has 0 bridgehead atoms. The number of hydrogen-bond acceptors (Lipinski definition) is 4. The standard InChI is InChI=1S/C19H17F3O4/c1-3-26-15-10-13(17(16(23)11-15)18(24)25-2)7-4-12-5-8-14(9-6-12)19(20,21)22/h4-11,23H,3H2,1-2H3. The van der Waals surface area contributed by atoms with E-state index in [0.29, 0.717) is 23.5 Å². The molecule has 2 aromatic carbocycles. The van der Waals surface area contributed by atoms with Crippen molar-refractivity contribution in [1.82, 2.24) is 0 Å². The minimum Gasteiger partial charge on any atom is -0.507 e. The van der Waals surface area contributed by atoms with Crippen molar-refractivity contribution in [1.29, 1.82) is 0 Å². The third kappa shape index (κ3) is 4.56. The maximum absolute atomic E-state index is 12.6. The number of carbonyl (C=O) groups excluding carboxylic acids is 1. The van der Waals surface area contributed by atoms with Crippen LogP contribution in [0.4, 0.5) is 13.2 Å². The predicted octanol–water partition coefficient (Wildman–Crippen LogP) is 4.77. The van der Waals surface area contributed by atoms with Gasteiger partial charge in [0.1, 0.15) is 17.1 Å². The largest absolute Gasteiger partial charge is 0.507 e. The minimum absolute atomic E-state index is 0.0564. The van der Waals surface area contributed by atoms with E-state index in [1.807, 2.05) is 0 Å². The lowest BCUT2D eigenvalue weighted by atomic mass is 10.0. The smallest absolute Gasteiger partial charge is 0.416 e. The molecule has 7 heteroatoms. The fraction of sp³-hybridized carbons (Fsp3) is 0.211. The second kappa shape index (κ2) is 7.95. The third-order valence-corrected chi connectivity index (χ3v) is 3.52. The van der Waals surface area contributed by atoms with Crippen LogP contribution in [-0.2, 0) is 10.9 Å². The highest BCUT2D eigenvalue weighted by atomic mass is 19.4. The van der Waals surface area contributed by atoms with Gasteiger partial charge in [-0.2, -0.15) is 13.2 Å². The Morgan fingerprint density at radius 1 is 1.15 bits per heavy atom. The van der Waals surface area contributed by atoms with Crippen molar-refractivity contribution < 1.29 is 32.5 Å². The van der Waals surface area contributed by atoms with Gasteiger partial charge < -0.3 is 14.6 Å². The molecule has 0 amide bonds. The van der Waals surface area contributed by atoms with Gasteiger partial charge in [-0.1, -0.05) is 24.3 Å². The van der Waals surface area contributed by atoms with Crippen LogP contribution in [0, 0.1) is 0 Å². The average molecular weight is 366 g/mol. The highest BCUT2D eigenvalue weighted by Crippen LogP contribution is 2.31. The number of aromatic hydroxyl groups is 1. The van der Waals surface area contributed by atoms with Crippen LogP contribution in [0.15, 0.2) is 36.4 Å². The molecule has 0 aliphatic carbocycles. The number of hydrogen-bond donors (Lipinski definition) is 1. The molecule has 0 aromatic heterocycles. The third-order valence-electron chi connectivity index (χ3n) is 3.52. The normalized spacial score (nSPS) is 11.6. The van der Waals surface area contributed by atoms with E-state index in [9.17, 15) is 23.1 Å². The van der Waals surface area contributed by atoms with Crippen molar-refractivity contribution in [3.05, 3.63) is 58.7 Å². The summed E-state index contributed by atoms with van der Waals surface area (Å²) in [5.41, 5.74) is 0.00955. The van der Waals surface area contributed by atoms with Crippen molar-refractivity contribution in [3.8, 4) is 11.5 Å². The molecule has 0 saturated carbocycles. The Hall–Kier alpha value is -2.96. The van der Waals surface area contributed by atoms with Crippen LogP contribution >= 0.6 is 0 Å². The first-order chi connectivity index (χ1) is 12.3. The van der Waals surface area contributed by atoms with Gasteiger partial charge in [0.25, 0.3) is 0 Å². The van der Waals surface area contributed by atoms with Gasteiger partial charge in [0.2, 0.25) is 0 Å². The Morgan fingerprint density at radius 2 is 1.81 bits per heavy atom. The molecule has 0 heterocycles. The van der Waals surface area contributed by atoms with Crippen molar-refractivity contribution in [2.45, 2.75) is 13.1 Å². The minimum atomic E-state index is -4.40. The first kappa shape index (κ1) is 19.4. The Bertz CT molecular complexity index is 809. The number of ether oxygens (including phenoxy) is 2. The molecule has 2 aromatic rings. The fourth-order valence-corrected chi connectivity index (χ4v) is 2.30. The molecule has 0 atom stereocenters. The van der Waals surface area contributed by atoms with Gasteiger partial charge in [-0.15, -0.1) is 0 Å². The summed E-state index contributed by atoms with van der Waals surface area (Å²) < 4.78 is 47.8. The summed E-state index contributed by atoms with van der Waals surface area (Å²) in [6, 6.07) is 7.39. The molecule has 4 nitrogen and oxygen atoms in total. The Morgan fingerprint density at radius 3 is 2.35 bits per heavy atom. The van der Waals surface area contributed by atoms with Crippen LogP contribution < -0.4 is 4.74 Å². The molecule has 0 spiro atoms. The molecule has 0 aliphatic rings. The van der Waals surface area contributed by atoms with Gasteiger partial charge in [-0.05, 0) is 36.2 Å². The lowest BCUT2D eigenvalue weighted by Crippen LogP contribution is -2.05. The first-order valence-electron chi connectivity index (χ1n) is 7.69. The quantitative estimate of drug-likeness (QED) is 0.612. The lowest BCUT2D eigenvalue weighted by molar-refractivity contribution is -0.137. The lowest BCUT2D eigenvalue weighted by Gasteiger charge is -2.11. The summed E-state index contributed by atoms with van der Waals surface area (Å²) in [5, 5.41) is 10.1. The van der Waals surface area contributed by atoms with E-state index in [1.165, 1.54) is 43.5 Å². The molecule has 0 radical (unpaired) electrons. The van der Waals surface area contributed by atoms with Crippen LogP contribution in [0.5, 0.6) is 11.5 Å². The second-order valence-corrected chi connectivity index (χ2v) is 5.28. The first-order valence-corrected chi connectivity index (χ1v) is 7.69. The summed E-state index contributed by atoms with van der Waals surface area (Å²) >= 11 is 0. The molecule has 0 aliphatic heterocycles. The second-order valence-electron chi connectivity index (χ2n) is 5.28. The number of halogens is 3. The van der Waals surface area contributed by atoms with Crippen LogP contribution in [0.1, 0.15) is 34.0 Å². The Balaban J connectivity index is 2.40. The Labute approximate surface area is 148 Å². The number of phenols is 1. The average Bonchev–Trinajstić information content (AvgIpc) is 2.59.